The molecule has 3 aliphatic rings. The van der Waals surface area contributed by atoms with Gasteiger partial charge in [-0.25, -0.2) is 0 Å². The molecule has 1 saturated heterocycles. The number of nitrogens with zero attached hydrogens (tertiary/aromatic N) is 3. The molecule has 5 rings (SSSR count). The Morgan fingerprint density at radius 3 is 2.81 bits per heavy atom. The van der Waals surface area contributed by atoms with Crippen molar-refractivity contribution in [1.82, 2.24) is 14.7 Å². The van der Waals surface area contributed by atoms with Crippen molar-refractivity contribution in [3.05, 3.63) is 59.2 Å². The van der Waals surface area contributed by atoms with Crippen molar-refractivity contribution < 1.29 is 24.2 Å². The Hall–Kier alpha value is -3.10. The highest BCUT2D eigenvalue weighted by Crippen LogP contribution is 2.30. The lowest BCUT2D eigenvalue weighted by Crippen LogP contribution is -2.44. The van der Waals surface area contributed by atoms with Gasteiger partial charge in [0, 0.05) is 45.7 Å². The predicted molar refractivity (Wildman–Crippen MR) is 135 cm³/mol. The summed E-state index contributed by atoms with van der Waals surface area (Å²) < 4.78 is 12.0. The number of fused-ring (bicyclic) bond motifs is 2. The maximum Gasteiger partial charge on any atom is 0.257 e. The van der Waals surface area contributed by atoms with E-state index >= 15 is 0 Å². The van der Waals surface area contributed by atoms with Crippen LogP contribution in [0.15, 0.2) is 42.5 Å². The smallest absolute Gasteiger partial charge is 0.257 e. The fraction of sp³-hybridized carbons (Fsp3) is 0.500. The fourth-order valence-corrected chi connectivity index (χ4v) is 5.42. The van der Waals surface area contributed by atoms with Crippen LogP contribution < -0.4 is 9.47 Å². The Morgan fingerprint density at radius 1 is 1.14 bits per heavy atom. The van der Waals surface area contributed by atoms with Crippen LogP contribution in [-0.2, 0) is 17.8 Å². The van der Waals surface area contributed by atoms with Crippen molar-refractivity contribution in [2.24, 2.45) is 0 Å². The Balaban J connectivity index is 1.19. The third kappa shape index (κ3) is 5.65. The van der Waals surface area contributed by atoms with Gasteiger partial charge in [-0.3, -0.25) is 14.5 Å². The van der Waals surface area contributed by atoms with E-state index in [1.54, 1.807) is 30.0 Å². The summed E-state index contributed by atoms with van der Waals surface area (Å²) in [7, 11) is 0. The maximum atomic E-state index is 13.3. The minimum atomic E-state index is -0.640. The molecule has 0 saturated carbocycles. The second kappa shape index (κ2) is 10.9. The van der Waals surface area contributed by atoms with E-state index < -0.39 is 6.10 Å². The van der Waals surface area contributed by atoms with Gasteiger partial charge in [0.05, 0.1) is 24.8 Å². The number of hydrogen-bond acceptors (Lipinski definition) is 6. The molecule has 1 unspecified atom stereocenters. The van der Waals surface area contributed by atoms with Gasteiger partial charge in [-0.1, -0.05) is 24.3 Å². The highest BCUT2D eigenvalue weighted by atomic mass is 16.5. The number of hydrogen-bond donors (Lipinski definition) is 1. The molecule has 8 nitrogen and oxygen atoms in total. The van der Waals surface area contributed by atoms with Gasteiger partial charge in [0.2, 0.25) is 5.91 Å². The number of ether oxygens (including phenoxy) is 2. The zero-order valence-electron chi connectivity index (χ0n) is 20.9. The van der Waals surface area contributed by atoms with Gasteiger partial charge < -0.3 is 24.4 Å². The number of carbonyl (C=O) groups excluding carboxylic acids is 2. The SMILES string of the molecule is CC(=O)N1CCCC(Oc2ccc3c(c2)OCCN(C[C@H](O)CN2CCc4ccccc4C2)C3=O)C1. The van der Waals surface area contributed by atoms with E-state index in [4.69, 9.17) is 9.47 Å². The first-order valence-electron chi connectivity index (χ1n) is 12.9. The van der Waals surface area contributed by atoms with Crippen LogP contribution in [0.2, 0.25) is 0 Å². The fourth-order valence-electron chi connectivity index (χ4n) is 5.42. The van der Waals surface area contributed by atoms with Crippen LogP contribution in [0.3, 0.4) is 0 Å². The van der Waals surface area contributed by atoms with Gasteiger partial charge in [0.25, 0.3) is 5.91 Å². The number of amides is 2. The number of likely N-dealkylation sites (tertiary alicyclic amines) is 1. The van der Waals surface area contributed by atoms with Crippen molar-refractivity contribution in [1.29, 1.82) is 0 Å². The van der Waals surface area contributed by atoms with Crippen molar-refractivity contribution >= 4 is 11.8 Å². The zero-order valence-corrected chi connectivity index (χ0v) is 20.9. The molecule has 2 aromatic rings. The molecule has 0 radical (unpaired) electrons. The minimum Gasteiger partial charge on any atom is -0.491 e. The molecule has 8 heteroatoms. The molecule has 1 fully saturated rings. The molecule has 0 bridgehead atoms. The third-order valence-corrected chi connectivity index (χ3v) is 7.33. The van der Waals surface area contributed by atoms with Crippen LogP contribution in [0.4, 0.5) is 0 Å². The highest BCUT2D eigenvalue weighted by Gasteiger charge is 2.28. The molecule has 0 aromatic heterocycles. The number of aliphatic hydroxyl groups excluding tert-OH is 1. The van der Waals surface area contributed by atoms with Gasteiger partial charge in [-0.05, 0) is 42.5 Å². The van der Waals surface area contributed by atoms with Crippen molar-refractivity contribution in [3.8, 4) is 11.5 Å². The molecule has 3 heterocycles. The lowest BCUT2D eigenvalue weighted by molar-refractivity contribution is -0.131. The predicted octanol–water partition coefficient (Wildman–Crippen LogP) is 2.33. The van der Waals surface area contributed by atoms with Gasteiger partial charge in [-0.2, -0.15) is 0 Å². The summed E-state index contributed by atoms with van der Waals surface area (Å²) in [5.41, 5.74) is 3.17. The van der Waals surface area contributed by atoms with Gasteiger partial charge in [-0.15, -0.1) is 0 Å². The molecule has 3 aliphatic heterocycles. The van der Waals surface area contributed by atoms with E-state index in [0.717, 1.165) is 38.9 Å². The summed E-state index contributed by atoms with van der Waals surface area (Å²) in [6.07, 6.45) is 2.06. The lowest BCUT2D eigenvalue weighted by Gasteiger charge is -2.32. The Kier molecular flexibility index (Phi) is 7.43. The molecule has 192 valence electrons. The molecule has 2 aromatic carbocycles. The molecule has 2 amide bonds. The molecule has 0 spiro atoms. The van der Waals surface area contributed by atoms with E-state index in [-0.39, 0.29) is 24.5 Å². The minimum absolute atomic E-state index is 0.0616. The van der Waals surface area contributed by atoms with Crippen LogP contribution in [0.1, 0.15) is 41.3 Å². The molecular weight excluding hydrogens is 458 g/mol. The topological polar surface area (TPSA) is 82.6 Å². The van der Waals surface area contributed by atoms with E-state index in [1.165, 1.54) is 11.1 Å². The van der Waals surface area contributed by atoms with E-state index in [0.29, 0.717) is 43.3 Å². The summed E-state index contributed by atoms with van der Waals surface area (Å²) in [6.45, 7) is 6.21. The highest BCUT2D eigenvalue weighted by molar-refractivity contribution is 5.97. The van der Waals surface area contributed by atoms with Crippen molar-refractivity contribution in [2.75, 3.05) is 45.9 Å². The van der Waals surface area contributed by atoms with E-state index in [9.17, 15) is 14.7 Å². The number of β-amino-alcohol motifs (C(OH)–C–C–N with tert-alkyl or cyclic N) is 1. The first kappa shape index (κ1) is 24.6. The van der Waals surface area contributed by atoms with Gasteiger partial charge >= 0.3 is 0 Å². The second-order valence-electron chi connectivity index (χ2n) is 10.0. The summed E-state index contributed by atoms with van der Waals surface area (Å²) in [5, 5.41) is 10.8. The first-order valence-corrected chi connectivity index (χ1v) is 12.9. The molecule has 2 atom stereocenters. The monoisotopic (exact) mass is 493 g/mol. The normalized spacial score (nSPS) is 21.2. The summed E-state index contributed by atoms with van der Waals surface area (Å²) >= 11 is 0. The first-order chi connectivity index (χ1) is 17.5. The van der Waals surface area contributed by atoms with E-state index in [2.05, 4.69) is 29.2 Å². The molecule has 0 aliphatic carbocycles. The summed E-state index contributed by atoms with van der Waals surface area (Å²) in [4.78, 5) is 30.7. The number of rotatable bonds is 6. The average Bonchev–Trinajstić information content (AvgIpc) is 3.02. The maximum absolute atomic E-state index is 13.3. The number of piperidine rings is 1. The number of benzene rings is 2. The van der Waals surface area contributed by atoms with Gasteiger partial charge in [0.15, 0.2) is 0 Å². The Morgan fingerprint density at radius 2 is 1.97 bits per heavy atom. The van der Waals surface area contributed by atoms with Crippen molar-refractivity contribution in [2.45, 2.75) is 44.9 Å². The quantitative estimate of drug-likeness (QED) is 0.665. The average molecular weight is 494 g/mol. The Bertz CT molecular complexity index is 1110. The summed E-state index contributed by atoms with van der Waals surface area (Å²) in [5.74, 6) is 1.06. The zero-order chi connectivity index (χ0) is 25.1. The molecule has 36 heavy (non-hydrogen) atoms. The van der Waals surface area contributed by atoms with E-state index in [1.807, 2.05) is 4.90 Å². The second-order valence-corrected chi connectivity index (χ2v) is 10.0. The summed E-state index contributed by atoms with van der Waals surface area (Å²) in [6, 6.07) is 13.7. The number of aliphatic hydroxyl groups is 1. The van der Waals surface area contributed by atoms with Crippen molar-refractivity contribution in [3.63, 3.8) is 0 Å². The standard InChI is InChI=1S/C28H35N3O5/c1-20(32)30-11-4-7-25(19-30)36-24-8-9-26-27(15-24)35-14-13-31(28(26)34)18-23(33)17-29-12-10-21-5-2-3-6-22(21)16-29/h2-3,5-6,8-9,15,23,25,33H,4,7,10-14,16-19H2,1H3/t23-,25?/m1/s1. The molecular formula is C28H35N3O5. The van der Waals surface area contributed by atoms with Gasteiger partial charge in [0.1, 0.15) is 24.2 Å². The lowest BCUT2D eigenvalue weighted by atomic mass is 10.00. The van der Waals surface area contributed by atoms with Crippen LogP contribution in [0.25, 0.3) is 0 Å². The van der Waals surface area contributed by atoms with Crippen LogP contribution >= 0.6 is 0 Å². The molecule has 1 N–H and O–H groups in total. The van der Waals surface area contributed by atoms with Crippen LogP contribution in [0, 0.1) is 0 Å². The third-order valence-electron chi connectivity index (χ3n) is 7.33. The van der Waals surface area contributed by atoms with Crippen LogP contribution in [-0.4, -0.2) is 89.7 Å². The Labute approximate surface area is 212 Å². The number of carbonyl (C=O) groups is 2. The largest absolute Gasteiger partial charge is 0.491 e. The van der Waals surface area contributed by atoms with Crippen LogP contribution in [0.5, 0.6) is 11.5 Å².